The minimum absolute atomic E-state index is 0.161. The predicted octanol–water partition coefficient (Wildman–Crippen LogP) is 32.2. The molecule has 0 spiro atoms. The second-order valence-corrected chi connectivity index (χ2v) is 55.5. The molecular formula is C138H100N4O4Se2Si2. The monoisotopic (exact) mass is 2090 g/mol. The van der Waals surface area contributed by atoms with Gasteiger partial charge >= 0.3 is 398 Å². The quantitative estimate of drug-likeness (QED) is 0.0847. The van der Waals surface area contributed by atoms with Gasteiger partial charge in [-0.3, -0.25) is 0 Å². The Kier molecular flexibility index (Phi) is 19.5. The van der Waals surface area contributed by atoms with Crippen molar-refractivity contribution < 1.29 is 18.9 Å². The Morgan fingerprint density at radius 3 is 0.933 bits per heavy atom. The van der Waals surface area contributed by atoms with Crippen molar-refractivity contribution in [2.45, 2.75) is 80.1 Å². The second kappa shape index (κ2) is 33.0. The van der Waals surface area contributed by atoms with Crippen LogP contribution in [0, 0.1) is 27.7 Å². The zero-order valence-corrected chi connectivity index (χ0v) is 90.1. The Balaban J connectivity index is 0.000000142. The van der Waals surface area contributed by atoms with E-state index in [2.05, 4.69) is 513 Å². The predicted molar refractivity (Wildman–Crippen MR) is 636 cm³/mol. The minimum Gasteiger partial charge on any atom is -0.453 e. The number of para-hydroxylation sites is 4. The smallest absolute Gasteiger partial charge is 0.180 e. The van der Waals surface area contributed by atoms with Gasteiger partial charge in [-0.2, -0.15) is 0 Å². The van der Waals surface area contributed by atoms with E-state index in [1.54, 1.807) is 0 Å². The summed E-state index contributed by atoms with van der Waals surface area (Å²) >= 11 is 0.398. The molecule has 0 saturated carbocycles. The van der Waals surface area contributed by atoms with E-state index in [0.717, 1.165) is 103 Å². The summed E-state index contributed by atoms with van der Waals surface area (Å²) in [6.45, 7) is 23.0. The summed E-state index contributed by atoms with van der Waals surface area (Å²) in [5.74, 6) is 6.94. The van der Waals surface area contributed by atoms with Crippen molar-refractivity contribution >= 4 is 247 Å². The zero-order chi connectivity index (χ0) is 100. The van der Waals surface area contributed by atoms with Crippen LogP contribution in [0.2, 0.25) is 0 Å². The van der Waals surface area contributed by atoms with Crippen molar-refractivity contribution in [2.24, 2.45) is 0 Å². The van der Waals surface area contributed by atoms with E-state index in [-0.39, 0.29) is 39.8 Å². The van der Waals surface area contributed by atoms with E-state index in [4.69, 9.17) is 18.9 Å². The Morgan fingerprint density at radius 1 is 0.200 bits per heavy atom. The first-order valence-electron chi connectivity index (χ1n) is 52.0. The fourth-order valence-corrected chi connectivity index (χ4v) is 40.9. The van der Waals surface area contributed by atoms with Gasteiger partial charge in [0.1, 0.15) is 0 Å². The summed E-state index contributed by atoms with van der Waals surface area (Å²) in [7, 11) is -5.61. The number of fused-ring (bicyclic) bond motifs is 22. The molecular weight excluding hydrogens is 1990 g/mol. The molecule has 150 heavy (non-hydrogen) atoms. The van der Waals surface area contributed by atoms with E-state index in [1.165, 1.54) is 201 Å². The topological polar surface area (TPSA) is 49.9 Å². The number of hydrogen-bond donors (Lipinski definition) is 0. The molecule has 0 aliphatic carbocycles. The molecule has 0 fully saturated rings. The molecule has 8 nitrogen and oxygen atoms in total. The summed E-state index contributed by atoms with van der Waals surface area (Å²) < 4.78 is 33.6. The maximum Gasteiger partial charge on any atom is 0.180 e. The molecule has 23 aromatic carbocycles. The van der Waals surface area contributed by atoms with Gasteiger partial charge in [0.25, 0.3) is 0 Å². The first-order valence-corrected chi connectivity index (χ1v) is 59.5. The molecule has 0 radical (unpaired) electrons. The van der Waals surface area contributed by atoms with E-state index < -0.39 is 16.1 Å². The number of ether oxygens (including phenoxy) is 4. The molecule has 0 N–H and O–H groups in total. The average Bonchev–Trinajstić information content (AvgIpc) is 1.46. The summed E-state index contributed by atoms with van der Waals surface area (Å²) in [4.78, 5) is 9.94. The normalized spacial score (nSPS) is 14.1. The number of hydrogen-bond acceptors (Lipinski definition) is 8. The van der Waals surface area contributed by atoms with Crippen molar-refractivity contribution in [1.29, 1.82) is 0 Å². The van der Waals surface area contributed by atoms with Gasteiger partial charge in [-0.1, -0.05) is 182 Å². The van der Waals surface area contributed by atoms with Crippen LogP contribution in [0.3, 0.4) is 0 Å². The van der Waals surface area contributed by atoms with Gasteiger partial charge in [0.05, 0.1) is 22.7 Å². The second-order valence-electron chi connectivity index (χ2n) is 43.5. The number of nitrogens with zero attached hydrogens (tertiary/aromatic N) is 4. The first-order chi connectivity index (χ1) is 73.2. The molecule has 0 amide bonds. The Bertz CT molecular complexity index is 9450. The van der Waals surface area contributed by atoms with Crippen LogP contribution in [0.5, 0.6) is 46.0 Å². The fourth-order valence-electron chi connectivity index (χ4n) is 25.8. The van der Waals surface area contributed by atoms with Crippen molar-refractivity contribution in [3.63, 3.8) is 0 Å². The molecule has 6 aliphatic rings. The van der Waals surface area contributed by atoms with E-state index in [1.807, 2.05) is 0 Å². The van der Waals surface area contributed by atoms with Crippen LogP contribution < -0.4 is 80.0 Å². The summed E-state index contributed by atoms with van der Waals surface area (Å²) in [5.41, 5.74) is 25.2. The third kappa shape index (κ3) is 13.1. The SMILES string of the molecule is CC(C)(C)c1cc(N2c3ccccc3Oc3cc4c(cc32)[se]c2ccccc24)c2ccc3c(C(C)(C)C)cc(N4c5ccccc5Oc5cc6c(cc54)[se]c4ccccc46)c4ccc1c2c43.Cc1cc2c(cc1C)N(c1ccc3cc4cc(N5c6cc(C)c(C)cc6Oc6cc7c(cc65)[Si](c5ccccc5)(c5ccccc5)c5ccccc5-7)ccc4cc3c1)c1cc3c(cc1O2)-c1ccccc1[Si]3(c1ccccc1)c1ccccc1. The van der Waals surface area contributed by atoms with Crippen LogP contribution in [-0.2, 0) is 10.8 Å². The molecule has 716 valence electrons. The van der Waals surface area contributed by atoms with Crippen molar-refractivity contribution in [3.05, 3.63) is 458 Å². The van der Waals surface area contributed by atoms with Crippen molar-refractivity contribution in [1.82, 2.24) is 0 Å². The summed E-state index contributed by atoms with van der Waals surface area (Å²) in [5, 5.41) is 28.6. The van der Waals surface area contributed by atoms with Crippen molar-refractivity contribution in [3.8, 4) is 68.2 Å². The maximum atomic E-state index is 7.10. The van der Waals surface area contributed by atoms with Gasteiger partial charge < -0.3 is 19.3 Å². The van der Waals surface area contributed by atoms with Crippen LogP contribution in [0.15, 0.2) is 425 Å². The van der Waals surface area contributed by atoms with E-state index in [0.29, 0.717) is 0 Å². The van der Waals surface area contributed by atoms with Crippen LogP contribution in [0.1, 0.15) is 74.9 Å². The maximum absolute atomic E-state index is 7.10. The van der Waals surface area contributed by atoms with Crippen molar-refractivity contribution in [2.75, 3.05) is 19.6 Å². The molecule has 8 heterocycles. The molecule has 12 heteroatoms. The molecule has 2 aromatic heterocycles. The van der Waals surface area contributed by atoms with Gasteiger partial charge in [0, 0.05) is 11.4 Å². The Morgan fingerprint density at radius 2 is 0.527 bits per heavy atom. The zero-order valence-electron chi connectivity index (χ0n) is 84.7. The largest absolute Gasteiger partial charge is 0.453 e. The van der Waals surface area contributed by atoms with Crippen LogP contribution in [-0.4, -0.2) is 45.2 Å². The molecule has 0 saturated heterocycles. The first kappa shape index (κ1) is 88.8. The number of anilines is 12. The third-order valence-electron chi connectivity index (χ3n) is 32.9. The van der Waals surface area contributed by atoms with Gasteiger partial charge in [-0.25, -0.2) is 0 Å². The Hall–Kier alpha value is -16.5. The summed E-state index contributed by atoms with van der Waals surface area (Å²) in [6.07, 6.45) is 0. The molecule has 0 atom stereocenters. The molecule has 31 rings (SSSR count). The Labute approximate surface area is 885 Å². The minimum atomic E-state index is -2.81. The van der Waals surface area contributed by atoms with Gasteiger partial charge in [-0.15, -0.1) is 0 Å². The fraction of sp³-hybridized carbons (Fsp3) is 0.0870. The van der Waals surface area contributed by atoms with Crippen LogP contribution in [0.25, 0.3) is 115 Å². The molecule has 6 aliphatic heterocycles. The average molecular weight is 2090 g/mol. The van der Waals surface area contributed by atoms with Gasteiger partial charge in [0.2, 0.25) is 0 Å². The van der Waals surface area contributed by atoms with Crippen LogP contribution >= 0.6 is 0 Å². The standard InChI is InChI=1S/C78H56N2O2Si2.C60H44N2O2Se2/c1-49-37-67-71(39-51(49)3)81-73-45-65-63-29-17-19-31-75(63)83(59-21-9-5-10-22-59,60-23-11-6-12-24-60)77(65)47-69(73)79(67)57-35-33-53-42-56-44-58(36-34-54(56)41-55(53)43-57)80-68-38-50(2)52(4)40-72(68)82-74-46-66-64-30-18-20-32-76(64)84(78(66)48-70(74)80,61-25-13-7-14-26-61)62-27-15-8-16-28-62;1-59(2,3)41-29-45(61-43-17-9-11-19-49(43)63-51-27-39-33-15-7-13-21-53(33)65-55(39)31-47(51)61)37-26-24-36-42(60(4,5)6)30-46(38-25-23-35(41)57(37)58(36)38)62-44-18-10-12-20-50(44)64-52-28-40-34-16-8-14-22-54(34)66-56(40)32-48(52)62/h5-48H,1-4H3;7-32H,1-6H3. The van der Waals surface area contributed by atoms with Gasteiger partial charge in [0.15, 0.2) is 39.1 Å². The third-order valence-corrected chi connectivity index (χ3v) is 47.4. The summed E-state index contributed by atoms with van der Waals surface area (Å²) in [6, 6.07) is 160. The molecule has 25 aromatic rings. The van der Waals surface area contributed by atoms with E-state index >= 15 is 0 Å². The molecule has 0 bridgehead atoms. The van der Waals surface area contributed by atoms with Crippen LogP contribution in [0.4, 0.5) is 68.2 Å². The number of aryl methyl sites for hydroxylation is 4. The van der Waals surface area contributed by atoms with E-state index in [9.17, 15) is 0 Å². The van der Waals surface area contributed by atoms with Gasteiger partial charge in [-0.05, 0) is 220 Å². The molecule has 0 unspecified atom stereocenters. The number of benzene rings is 23. The number of rotatable bonds is 8.